The number of nitrogens with zero attached hydrogens (tertiary/aromatic N) is 9. The number of nitrogens with one attached hydrogen (secondary N) is 1. The van der Waals surface area contributed by atoms with E-state index in [1.54, 1.807) is 9.13 Å². The zero-order valence-electron chi connectivity index (χ0n) is 54.1. The van der Waals surface area contributed by atoms with Crippen molar-refractivity contribution in [3.05, 3.63) is 126 Å². The zero-order valence-corrected chi connectivity index (χ0v) is 57.7. The van der Waals surface area contributed by atoms with E-state index in [0.29, 0.717) is 95.3 Å². The molecule has 8 aromatic rings. The van der Waals surface area contributed by atoms with Gasteiger partial charge in [0.15, 0.2) is 0 Å². The average Bonchev–Trinajstić information content (AvgIpc) is 1.77. The molecule has 12 bridgehead atoms. The molecule has 4 aromatic carbocycles. The summed E-state index contributed by atoms with van der Waals surface area (Å²) in [5, 5.41) is 4.96. The minimum atomic E-state index is -1.33. The summed E-state index contributed by atoms with van der Waals surface area (Å²) in [5.74, 6) is 1.40. The van der Waals surface area contributed by atoms with Crippen molar-refractivity contribution in [1.29, 1.82) is 0 Å². The van der Waals surface area contributed by atoms with Gasteiger partial charge in [-0.15, -0.1) is 6.58 Å². The van der Waals surface area contributed by atoms with Crippen LogP contribution in [0.25, 0.3) is 64.8 Å². The molecule has 4 saturated heterocycles. The van der Waals surface area contributed by atoms with Crippen molar-refractivity contribution >= 4 is 81.5 Å². The molecule has 0 aliphatic carbocycles. The minimum Gasteiger partial charge on any atom is -0.490 e. The fourth-order valence-electron chi connectivity index (χ4n) is 14.1. The predicted octanol–water partition coefficient (Wildman–Crippen LogP) is 11.4. The average molecular weight is 1310 g/mol. The van der Waals surface area contributed by atoms with E-state index in [0.717, 1.165) is 115 Å². The Morgan fingerprint density at radius 3 is 1.58 bits per heavy atom. The Hall–Kier alpha value is -5.93. The van der Waals surface area contributed by atoms with Gasteiger partial charge in [-0.05, 0) is 137 Å². The first-order valence-electron chi connectivity index (χ1n) is 33.3. The van der Waals surface area contributed by atoms with Crippen molar-refractivity contribution in [2.24, 2.45) is 0 Å². The molecule has 91 heavy (non-hydrogen) atoms. The summed E-state index contributed by atoms with van der Waals surface area (Å²) in [5.41, 5.74) is 6.59. The maximum absolute atomic E-state index is 14.5. The molecule has 14 rings (SSSR count). The molecule has 0 spiro atoms. The molecule has 6 aliphatic heterocycles. The summed E-state index contributed by atoms with van der Waals surface area (Å²) < 4.78 is 34.6. The maximum Gasteiger partial charge on any atom is 0.279 e. The lowest BCUT2D eigenvalue weighted by Gasteiger charge is -2.29. The van der Waals surface area contributed by atoms with Gasteiger partial charge in [0.2, 0.25) is 0 Å². The number of benzene rings is 4. The lowest BCUT2D eigenvalue weighted by molar-refractivity contribution is 0.0877. The molecular weight excluding hydrogens is 1220 g/mol. The lowest BCUT2D eigenvalue weighted by atomic mass is 10.1. The van der Waals surface area contributed by atoms with Gasteiger partial charge in [-0.1, -0.05) is 106 Å². The number of aromatic nitrogens is 6. The number of hydrogen-bond acceptors (Lipinski definition) is 16. The molecule has 4 unspecified atom stereocenters. The summed E-state index contributed by atoms with van der Waals surface area (Å²) >= 11 is 2.88. The summed E-state index contributed by atoms with van der Waals surface area (Å²) in [6, 6.07) is 22.6. The van der Waals surface area contributed by atoms with E-state index in [1.165, 1.54) is 61.6 Å². The number of ether oxygens (including phenoxy) is 4. The SMILES string of the molecule is C=CCN1C2CCC1Cn1sc3c(cccc3c1=O)-c1nc3c(cc(CN4CCCCC4)cc3n(COCC[Si](C)(C)C)c1=O)OC2.C[Si](C)(C)CCOCn1c(=O)c2nc3c(cc(CN4CCCCC4)cc31)OCC1CCC(Cn3sc4c-2cccc4c3=O)N1. The molecule has 22 heteroatoms. The van der Waals surface area contributed by atoms with Crippen molar-refractivity contribution in [3.63, 3.8) is 0 Å². The van der Waals surface area contributed by atoms with E-state index in [4.69, 9.17) is 28.9 Å². The third-order valence-corrected chi connectivity index (χ3v) is 25.0. The van der Waals surface area contributed by atoms with Gasteiger partial charge in [-0.25, -0.2) is 9.97 Å². The second-order valence-corrected chi connectivity index (χ2v) is 41.9. The standard InChI is InChI=1S/C36H47N5O4SSi.C33H43N5O4SSi/c1-5-14-39-26-12-13-27(39)23-45-31-20-25(21-38-15-7-6-8-16-38)19-30-33(31)37-32(36(43)40(30)24-44-17-18-47(2,3)4)28-10-9-11-29-34(28)46-41(22-26)35(29)42;1-44(2,3)15-14-41-21-37-27-16-22(18-36-12-5-4-6-13-36)17-28-30(27)35-29(33(37)40)25-8-7-9-26-31(25)43-38(32(26)39)19-23-10-11-24(34-23)20-42-28/h5,9-11,19-20,26-27H,1,6-8,12-18,21-24H2,2-4H3;7-9,16-17,23-24,34H,4-6,10-15,18-21H2,1-3H3. The second-order valence-electron chi connectivity index (χ2n) is 28.6. The van der Waals surface area contributed by atoms with Gasteiger partial charge < -0.3 is 24.3 Å². The molecule has 18 nitrogen and oxygen atoms in total. The largest absolute Gasteiger partial charge is 0.490 e. The molecule has 10 heterocycles. The lowest BCUT2D eigenvalue weighted by Crippen LogP contribution is -2.42. The summed E-state index contributed by atoms with van der Waals surface area (Å²) in [4.78, 5) is 73.8. The first-order chi connectivity index (χ1) is 43.9. The molecule has 4 atom stereocenters. The van der Waals surface area contributed by atoms with Crippen LogP contribution in [-0.4, -0.2) is 141 Å². The summed E-state index contributed by atoms with van der Waals surface area (Å²) in [7, 11) is -2.64. The molecule has 0 amide bonds. The Morgan fingerprint density at radius 2 is 1.08 bits per heavy atom. The first-order valence-corrected chi connectivity index (χ1v) is 42.3. The molecule has 1 N–H and O–H groups in total. The molecule has 484 valence electrons. The van der Waals surface area contributed by atoms with Crippen LogP contribution in [0.2, 0.25) is 51.4 Å². The Bertz CT molecular complexity index is 4240. The Morgan fingerprint density at radius 1 is 0.593 bits per heavy atom. The monoisotopic (exact) mass is 1310 g/mol. The summed E-state index contributed by atoms with van der Waals surface area (Å²) in [6.45, 7) is 28.3. The molecule has 0 radical (unpaired) electrons. The van der Waals surface area contributed by atoms with Gasteiger partial charge in [-0.3, -0.25) is 50.9 Å². The highest BCUT2D eigenvalue weighted by atomic mass is 32.1. The number of hydrogen-bond donors (Lipinski definition) is 1. The van der Waals surface area contributed by atoms with E-state index in [-0.39, 0.29) is 59.9 Å². The second kappa shape index (κ2) is 27.2. The number of rotatable bonds is 16. The van der Waals surface area contributed by atoms with Crippen LogP contribution in [0.4, 0.5) is 0 Å². The van der Waals surface area contributed by atoms with Crippen molar-refractivity contribution in [3.8, 4) is 34.0 Å². The zero-order chi connectivity index (χ0) is 63.1. The van der Waals surface area contributed by atoms with Crippen LogP contribution in [-0.2, 0) is 49.1 Å². The van der Waals surface area contributed by atoms with E-state index >= 15 is 0 Å². The van der Waals surface area contributed by atoms with Crippen molar-refractivity contribution in [2.75, 3.05) is 59.2 Å². The third-order valence-electron chi connectivity index (χ3n) is 19.2. The first kappa shape index (κ1) is 63.8. The Kier molecular flexibility index (Phi) is 19.1. The van der Waals surface area contributed by atoms with Crippen LogP contribution >= 0.6 is 23.1 Å². The normalized spacial score (nSPS) is 20.8. The van der Waals surface area contributed by atoms with E-state index in [9.17, 15) is 19.2 Å². The highest BCUT2D eigenvalue weighted by Gasteiger charge is 2.36. The van der Waals surface area contributed by atoms with Crippen molar-refractivity contribution < 1.29 is 18.9 Å². The van der Waals surface area contributed by atoms with Crippen LogP contribution < -0.4 is 37.0 Å². The minimum absolute atomic E-state index is 0.0120. The van der Waals surface area contributed by atoms with Crippen LogP contribution in [0, 0.1) is 0 Å². The van der Waals surface area contributed by atoms with Gasteiger partial charge >= 0.3 is 0 Å². The quantitative estimate of drug-likeness (QED) is 0.0550. The van der Waals surface area contributed by atoms with Gasteiger partial charge in [0, 0.05) is 84.3 Å². The molecule has 4 aromatic heterocycles. The van der Waals surface area contributed by atoms with E-state index in [2.05, 4.69) is 90.1 Å². The molecule has 4 fully saturated rings. The fourth-order valence-corrected chi connectivity index (χ4v) is 18.0. The van der Waals surface area contributed by atoms with Crippen LogP contribution in [0.5, 0.6) is 11.5 Å². The van der Waals surface area contributed by atoms with Crippen molar-refractivity contribution in [1.82, 2.24) is 47.0 Å². The van der Waals surface area contributed by atoms with Crippen LogP contribution in [0.3, 0.4) is 0 Å². The van der Waals surface area contributed by atoms with Gasteiger partial charge in [0.1, 0.15) is 60.6 Å². The smallest absolute Gasteiger partial charge is 0.279 e. The van der Waals surface area contributed by atoms with Crippen molar-refractivity contribution in [2.45, 2.75) is 179 Å². The topological polar surface area (TPSA) is 172 Å². The van der Waals surface area contributed by atoms with Crippen LogP contribution in [0.15, 0.2) is 92.5 Å². The third kappa shape index (κ3) is 14.0. The molecule has 6 aliphatic rings. The summed E-state index contributed by atoms with van der Waals surface area (Å²) in [6.07, 6.45) is 13.3. The molecular formula is C69H90N10O8S2Si2. The number of piperidine rings is 2. The number of fused-ring (bicyclic) bond motifs is 10. The van der Waals surface area contributed by atoms with E-state index in [1.807, 2.05) is 50.4 Å². The molecule has 0 saturated carbocycles. The Balaban J connectivity index is 0.000000167. The van der Waals surface area contributed by atoms with Gasteiger partial charge in [0.05, 0.1) is 44.3 Å². The maximum atomic E-state index is 14.5. The Labute approximate surface area is 542 Å². The van der Waals surface area contributed by atoms with Crippen LogP contribution in [0.1, 0.15) is 75.3 Å². The van der Waals surface area contributed by atoms with E-state index < -0.39 is 16.1 Å². The number of likely N-dealkylation sites (tertiary alicyclic amines) is 2. The highest BCUT2D eigenvalue weighted by Crippen LogP contribution is 2.37. The van der Waals surface area contributed by atoms with Gasteiger partial charge in [0.25, 0.3) is 22.2 Å². The van der Waals surface area contributed by atoms with Gasteiger partial charge in [-0.2, -0.15) is 0 Å². The fraction of sp³-hybridized carbons (Fsp3) is 0.536. The highest BCUT2D eigenvalue weighted by molar-refractivity contribution is 7.14. The predicted molar refractivity (Wildman–Crippen MR) is 373 cm³/mol.